The van der Waals surface area contributed by atoms with E-state index in [0.29, 0.717) is 47.5 Å². The highest BCUT2D eigenvalue weighted by atomic mass is 16.5. The van der Waals surface area contributed by atoms with Crippen LogP contribution in [0.1, 0.15) is 85.5 Å². The molecule has 5 fully saturated rings. The number of rotatable bonds is 4. The summed E-state index contributed by atoms with van der Waals surface area (Å²) in [7, 11) is 0. The van der Waals surface area contributed by atoms with Crippen molar-refractivity contribution in [1.29, 1.82) is 0 Å². The summed E-state index contributed by atoms with van der Waals surface area (Å²) in [4.78, 5) is 0. The van der Waals surface area contributed by atoms with Gasteiger partial charge in [-0.1, -0.05) is 27.7 Å². The molecule has 4 aliphatic carbocycles. The molecule has 178 valence electrons. The van der Waals surface area contributed by atoms with Gasteiger partial charge in [0.05, 0.1) is 31.0 Å². The first-order chi connectivity index (χ1) is 14.7. The van der Waals surface area contributed by atoms with Crippen molar-refractivity contribution in [1.82, 2.24) is 0 Å². The fraction of sp³-hybridized carbons (Fsp3) is 1.00. The van der Waals surface area contributed by atoms with E-state index >= 15 is 0 Å². The Morgan fingerprint density at radius 1 is 1.00 bits per heavy atom. The third-order valence-corrected chi connectivity index (χ3v) is 11.6. The molecule has 5 rings (SSSR count). The van der Waals surface area contributed by atoms with Gasteiger partial charge in [-0.2, -0.15) is 0 Å². The van der Waals surface area contributed by atoms with Gasteiger partial charge in [-0.25, -0.2) is 0 Å². The first-order valence-electron chi connectivity index (χ1n) is 13.3. The normalized spacial score (nSPS) is 57.4. The molecule has 1 saturated heterocycles. The molecule has 1 heterocycles. The van der Waals surface area contributed by atoms with Crippen LogP contribution >= 0.6 is 0 Å². The minimum Gasteiger partial charge on any atom is -0.393 e. The average Bonchev–Trinajstić information content (AvgIpc) is 3.07. The Balaban J connectivity index is 1.36. The third kappa shape index (κ3) is 3.37. The van der Waals surface area contributed by atoms with E-state index in [1.165, 1.54) is 12.8 Å². The summed E-state index contributed by atoms with van der Waals surface area (Å²) in [6, 6.07) is 0. The molecule has 3 N–H and O–H groups in total. The molecule has 1 aliphatic heterocycles. The van der Waals surface area contributed by atoms with Gasteiger partial charge in [0, 0.05) is 5.92 Å². The van der Waals surface area contributed by atoms with Crippen molar-refractivity contribution in [3.8, 4) is 0 Å². The molecule has 0 spiro atoms. The number of fused-ring (bicyclic) bond motifs is 5. The predicted molar refractivity (Wildman–Crippen MR) is 121 cm³/mol. The minimum atomic E-state index is -0.276. The van der Waals surface area contributed by atoms with Gasteiger partial charge in [0.1, 0.15) is 0 Å². The van der Waals surface area contributed by atoms with Crippen LogP contribution in [0.15, 0.2) is 0 Å². The SMILES string of the molecule is C[C@H](CC[C@H]1OC[C@@H]1C)[C@H]1CC[C@H]2[C@@H]3[C@H](O)C[C@@H]4C[C@H](O)CC[C@]4(C)[C@H]3C[C@H](O)[C@]12C. The van der Waals surface area contributed by atoms with E-state index in [-0.39, 0.29) is 29.1 Å². The van der Waals surface area contributed by atoms with Gasteiger partial charge in [-0.05, 0) is 104 Å². The summed E-state index contributed by atoms with van der Waals surface area (Å²) in [6.07, 6.45) is 8.78. The van der Waals surface area contributed by atoms with Crippen molar-refractivity contribution in [2.75, 3.05) is 6.61 Å². The fourth-order valence-electron chi connectivity index (χ4n) is 9.55. The second-order valence-corrected chi connectivity index (χ2v) is 12.9. The molecule has 31 heavy (non-hydrogen) atoms. The zero-order valence-corrected chi connectivity index (χ0v) is 20.2. The van der Waals surface area contributed by atoms with E-state index < -0.39 is 0 Å². The molecular weight excluding hydrogens is 388 g/mol. The number of ether oxygens (including phenoxy) is 1. The predicted octanol–water partition coefficient (Wildman–Crippen LogP) is 4.40. The van der Waals surface area contributed by atoms with E-state index in [4.69, 9.17) is 4.74 Å². The van der Waals surface area contributed by atoms with Gasteiger partial charge >= 0.3 is 0 Å². The quantitative estimate of drug-likeness (QED) is 0.613. The maximum atomic E-state index is 11.7. The number of hydrogen-bond donors (Lipinski definition) is 3. The molecular formula is C27H46O4. The van der Waals surface area contributed by atoms with Gasteiger partial charge in [0.15, 0.2) is 0 Å². The van der Waals surface area contributed by atoms with Gasteiger partial charge < -0.3 is 20.1 Å². The van der Waals surface area contributed by atoms with Crippen LogP contribution in [0.4, 0.5) is 0 Å². The van der Waals surface area contributed by atoms with E-state index in [1.54, 1.807) is 0 Å². The molecule has 0 bridgehead atoms. The maximum absolute atomic E-state index is 11.7. The Kier molecular flexibility index (Phi) is 5.81. The number of hydrogen-bond acceptors (Lipinski definition) is 4. The average molecular weight is 435 g/mol. The Labute approximate surface area is 189 Å². The Bertz CT molecular complexity index is 668. The molecule has 0 aromatic carbocycles. The summed E-state index contributed by atoms with van der Waals surface area (Å²) in [6.45, 7) is 10.4. The summed E-state index contributed by atoms with van der Waals surface area (Å²) in [5.41, 5.74) is 0.0812. The van der Waals surface area contributed by atoms with Crippen molar-refractivity contribution >= 4 is 0 Å². The number of aliphatic hydroxyl groups excluding tert-OH is 3. The van der Waals surface area contributed by atoms with E-state index in [1.807, 2.05) is 0 Å². The summed E-state index contributed by atoms with van der Waals surface area (Å²) in [5, 5.41) is 33.3. The standard InChI is InChI=1S/C27H46O4/c1-15(5-8-23-16(2)14-31-23)19-6-7-20-25-21(13-24(30)27(19,20)4)26(3)10-9-18(28)11-17(26)12-22(25)29/h15-25,28-30H,5-14H2,1-4H3/t15-,16+,17+,18-,19-,20+,21+,22-,23-,24+,25+,26+,27-/m1/s1. The first-order valence-corrected chi connectivity index (χ1v) is 13.3. The Morgan fingerprint density at radius 2 is 1.77 bits per heavy atom. The lowest BCUT2D eigenvalue weighted by Crippen LogP contribution is -2.62. The summed E-state index contributed by atoms with van der Waals surface area (Å²) < 4.78 is 5.76. The molecule has 0 aromatic heterocycles. The van der Waals surface area contributed by atoms with E-state index in [0.717, 1.165) is 51.6 Å². The lowest BCUT2D eigenvalue weighted by atomic mass is 9.43. The van der Waals surface area contributed by atoms with E-state index in [9.17, 15) is 15.3 Å². The fourth-order valence-corrected chi connectivity index (χ4v) is 9.55. The van der Waals surface area contributed by atoms with Crippen LogP contribution in [0.2, 0.25) is 0 Å². The molecule has 0 aromatic rings. The van der Waals surface area contributed by atoms with Crippen LogP contribution in [0, 0.1) is 52.3 Å². The largest absolute Gasteiger partial charge is 0.393 e. The van der Waals surface area contributed by atoms with Crippen LogP contribution in [-0.2, 0) is 4.74 Å². The van der Waals surface area contributed by atoms with Crippen molar-refractivity contribution in [3.63, 3.8) is 0 Å². The van der Waals surface area contributed by atoms with Crippen LogP contribution in [0.3, 0.4) is 0 Å². The molecule has 0 radical (unpaired) electrons. The van der Waals surface area contributed by atoms with Gasteiger partial charge in [-0.15, -0.1) is 0 Å². The molecule has 5 aliphatic rings. The van der Waals surface area contributed by atoms with Crippen LogP contribution in [0.25, 0.3) is 0 Å². The van der Waals surface area contributed by atoms with Gasteiger partial charge in [0.25, 0.3) is 0 Å². The molecule has 0 amide bonds. The topological polar surface area (TPSA) is 69.9 Å². The zero-order chi connectivity index (χ0) is 22.1. The van der Waals surface area contributed by atoms with Crippen molar-refractivity contribution in [3.05, 3.63) is 0 Å². The molecule has 4 heteroatoms. The Morgan fingerprint density at radius 3 is 2.45 bits per heavy atom. The highest BCUT2D eigenvalue weighted by molar-refractivity contribution is 5.14. The minimum absolute atomic E-state index is 0.0783. The summed E-state index contributed by atoms with van der Waals surface area (Å²) in [5.74, 6) is 3.34. The second kappa shape index (κ2) is 7.96. The highest BCUT2D eigenvalue weighted by Gasteiger charge is 2.65. The zero-order valence-electron chi connectivity index (χ0n) is 20.2. The Hall–Kier alpha value is -0.160. The lowest BCUT2D eigenvalue weighted by Gasteiger charge is -2.63. The molecule has 4 nitrogen and oxygen atoms in total. The lowest BCUT2D eigenvalue weighted by molar-refractivity contribution is -0.207. The van der Waals surface area contributed by atoms with Gasteiger partial charge in [-0.3, -0.25) is 0 Å². The van der Waals surface area contributed by atoms with Crippen molar-refractivity contribution in [2.45, 2.75) is 110 Å². The van der Waals surface area contributed by atoms with Gasteiger partial charge in [0.2, 0.25) is 0 Å². The molecule has 4 saturated carbocycles. The van der Waals surface area contributed by atoms with E-state index in [2.05, 4.69) is 27.7 Å². The number of aliphatic hydroxyl groups is 3. The smallest absolute Gasteiger partial charge is 0.0622 e. The molecule has 0 unspecified atom stereocenters. The molecule has 13 atom stereocenters. The van der Waals surface area contributed by atoms with Crippen molar-refractivity contribution in [2.24, 2.45) is 52.3 Å². The monoisotopic (exact) mass is 434 g/mol. The second-order valence-electron chi connectivity index (χ2n) is 12.9. The summed E-state index contributed by atoms with van der Waals surface area (Å²) >= 11 is 0. The third-order valence-electron chi connectivity index (χ3n) is 11.6. The van der Waals surface area contributed by atoms with Crippen molar-refractivity contribution < 1.29 is 20.1 Å². The van der Waals surface area contributed by atoms with Crippen LogP contribution in [0.5, 0.6) is 0 Å². The van der Waals surface area contributed by atoms with Crippen LogP contribution in [-0.4, -0.2) is 46.3 Å². The highest BCUT2D eigenvalue weighted by Crippen LogP contribution is 2.68. The maximum Gasteiger partial charge on any atom is 0.0622 e. The van der Waals surface area contributed by atoms with Crippen LogP contribution < -0.4 is 0 Å². The first kappa shape index (κ1) is 22.6.